The van der Waals surface area contributed by atoms with Gasteiger partial charge in [-0.3, -0.25) is 0 Å². The van der Waals surface area contributed by atoms with Crippen molar-refractivity contribution in [3.05, 3.63) is 21.8 Å². The summed E-state index contributed by atoms with van der Waals surface area (Å²) in [5, 5.41) is 0. The van der Waals surface area contributed by atoms with Gasteiger partial charge in [-0.2, -0.15) is 0 Å². The van der Waals surface area contributed by atoms with Crippen molar-refractivity contribution in [2.45, 2.75) is 19.6 Å². The molecule has 1 aromatic rings. The van der Waals surface area contributed by atoms with Crippen LogP contribution < -0.4 is 4.74 Å². The van der Waals surface area contributed by atoms with Gasteiger partial charge < -0.3 is 14.2 Å². The molecule has 0 unspecified atom stereocenters. The normalized spacial score (nSPS) is 17.3. The first-order chi connectivity index (χ1) is 9.32. The lowest BCUT2D eigenvalue weighted by molar-refractivity contribution is -0.214. The molecule has 0 bridgehead atoms. The molecule has 7 heteroatoms. The van der Waals surface area contributed by atoms with Gasteiger partial charge in [0.05, 0.1) is 16.4 Å². The molecule has 2 rings (SSSR count). The van der Waals surface area contributed by atoms with Gasteiger partial charge in [0.2, 0.25) is 5.71 Å². The first kappa shape index (κ1) is 14.8. The van der Waals surface area contributed by atoms with Crippen LogP contribution in [-0.2, 0) is 19.1 Å². The molecule has 0 atom stereocenters. The smallest absolute Gasteiger partial charge is 0.367 e. The third-order valence-electron chi connectivity index (χ3n) is 2.44. The van der Waals surface area contributed by atoms with Crippen LogP contribution in [-0.4, -0.2) is 30.5 Å². The lowest BCUT2D eigenvalue weighted by Crippen LogP contribution is -2.46. The van der Waals surface area contributed by atoms with Gasteiger partial charge in [-0.25, -0.2) is 14.6 Å². The van der Waals surface area contributed by atoms with E-state index in [2.05, 4.69) is 27.6 Å². The highest BCUT2D eigenvalue weighted by molar-refractivity contribution is 14.1. The number of rotatable bonds is 2. The predicted octanol–water partition coefficient (Wildman–Crippen LogP) is 2.21. The van der Waals surface area contributed by atoms with Crippen molar-refractivity contribution >= 4 is 45.9 Å². The van der Waals surface area contributed by atoms with E-state index in [1.165, 1.54) is 13.8 Å². The van der Waals surface area contributed by atoms with Gasteiger partial charge in [-0.1, -0.05) is 0 Å². The van der Waals surface area contributed by atoms with Crippen molar-refractivity contribution in [2.24, 2.45) is 4.99 Å². The van der Waals surface area contributed by atoms with Crippen LogP contribution in [0.4, 0.5) is 5.69 Å². The van der Waals surface area contributed by atoms with E-state index >= 15 is 0 Å². The van der Waals surface area contributed by atoms with Gasteiger partial charge in [0.25, 0.3) is 5.79 Å². The average Bonchev–Trinajstić information content (AvgIpc) is 2.33. The molecule has 0 aliphatic carbocycles. The number of esters is 2. The van der Waals surface area contributed by atoms with Crippen molar-refractivity contribution in [3.63, 3.8) is 0 Å². The highest BCUT2D eigenvalue weighted by Crippen LogP contribution is 2.27. The highest BCUT2D eigenvalue weighted by atomic mass is 127. The molecule has 1 fully saturated rings. The lowest BCUT2D eigenvalue weighted by atomic mass is 10.2. The molecule has 20 heavy (non-hydrogen) atoms. The van der Waals surface area contributed by atoms with Gasteiger partial charge in [0, 0.05) is 13.8 Å². The van der Waals surface area contributed by atoms with E-state index in [0.29, 0.717) is 11.4 Å². The molecular weight excluding hydrogens is 377 g/mol. The van der Waals surface area contributed by atoms with Gasteiger partial charge in [-0.15, -0.1) is 0 Å². The van der Waals surface area contributed by atoms with Crippen LogP contribution in [0.2, 0.25) is 0 Å². The van der Waals surface area contributed by atoms with Crippen LogP contribution in [0.1, 0.15) is 13.8 Å². The minimum atomic E-state index is -1.26. The number of cyclic esters (lactones) is 2. The molecule has 1 aliphatic heterocycles. The van der Waals surface area contributed by atoms with Crippen LogP contribution in [0.3, 0.4) is 0 Å². The number of hydrogen-bond acceptors (Lipinski definition) is 6. The fraction of sp³-hybridized carbons (Fsp3) is 0.308. The van der Waals surface area contributed by atoms with Crippen LogP contribution in [0.5, 0.6) is 5.75 Å². The molecule has 0 saturated carbocycles. The second-order valence-electron chi connectivity index (χ2n) is 4.46. The molecule has 0 aromatic heterocycles. The number of aliphatic imine (C=N–C) groups is 1. The van der Waals surface area contributed by atoms with Gasteiger partial charge in [0.15, 0.2) is 0 Å². The van der Waals surface area contributed by atoms with Crippen LogP contribution in [0.25, 0.3) is 0 Å². The Balaban J connectivity index is 2.33. The SMILES string of the molecule is COc1ccc(N=C2C(=O)OC(C)(C)OC2=O)cc1I. The molecule has 1 saturated heterocycles. The Morgan fingerprint density at radius 1 is 1.20 bits per heavy atom. The Labute approximate surface area is 129 Å². The van der Waals surface area contributed by atoms with Crippen LogP contribution in [0.15, 0.2) is 23.2 Å². The predicted molar refractivity (Wildman–Crippen MR) is 79.1 cm³/mol. The highest BCUT2D eigenvalue weighted by Gasteiger charge is 2.40. The van der Waals surface area contributed by atoms with E-state index in [-0.39, 0.29) is 5.71 Å². The lowest BCUT2D eigenvalue weighted by Gasteiger charge is -2.29. The molecule has 0 radical (unpaired) electrons. The van der Waals surface area contributed by atoms with Gasteiger partial charge >= 0.3 is 11.9 Å². The third-order valence-corrected chi connectivity index (χ3v) is 3.28. The fourth-order valence-corrected chi connectivity index (χ4v) is 2.31. The Morgan fingerprint density at radius 3 is 2.30 bits per heavy atom. The van der Waals surface area contributed by atoms with E-state index < -0.39 is 17.7 Å². The van der Waals surface area contributed by atoms with Crippen molar-refractivity contribution < 1.29 is 23.8 Å². The maximum absolute atomic E-state index is 11.8. The van der Waals surface area contributed by atoms with E-state index in [1.54, 1.807) is 25.3 Å². The molecule has 1 aromatic carbocycles. The Morgan fingerprint density at radius 2 is 1.80 bits per heavy atom. The zero-order valence-corrected chi connectivity index (χ0v) is 13.3. The monoisotopic (exact) mass is 389 g/mol. The molecule has 106 valence electrons. The van der Waals surface area contributed by atoms with Crippen molar-refractivity contribution in [1.29, 1.82) is 0 Å². The van der Waals surface area contributed by atoms with Gasteiger partial charge in [0.1, 0.15) is 5.75 Å². The largest absolute Gasteiger partial charge is 0.496 e. The number of carbonyl (C=O) groups is 2. The summed E-state index contributed by atoms with van der Waals surface area (Å²) in [6, 6.07) is 5.02. The molecule has 0 spiro atoms. The maximum atomic E-state index is 11.8. The number of carbonyl (C=O) groups excluding carboxylic acids is 2. The summed E-state index contributed by atoms with van der Waals surface area (Å²) in [5.41, 5.74) is 0.0732. The summed E-state index contributed by atoms with van der Waals surface area (Å²) in [5.74, 6) is -2.17. The van der Waals surface area contributed by atoms with Crippen molar-refractivity contribution in [1.82, 2.24) is 0 Å². The molecule has 0 amide bonds. The average molecular weight is 389 g/mol. The quantitative estimate of drug-likeness (QED) is 0.573. The zero-order chi connectivity index (χ0) is 14.9. The second kappa shape index (κ2) is 5.39. The summed E-state index contributed by atoms with van der Waals surface area (Å²) >= 11 is 2.07. The molecule has 1 aliphatic rings. The number of hydrogen-bond donors (Lipinski definition) is 0. The zero-order valence-electron chi connectivity index (χ0n) is 11.1. The minimum Gasteiger partial charge on any atom is -0.496 e. The summed E-state index contributed by atoms with van der Waals surface area (Å²) in [6.07, 6.45) is 0. The number of benzene rings is 1. The van der Waals surface area contributed by atoms with E-state index in [9.17, 15) is 9.59 Å². The summed E-state index contributed by atoms with van der Waals surface area (Å²) in [4.78, 5) is 27.5. The Hall–Kier alpha value is -1.64. The second-order valence-corrected chi connectivity index (χ2v) is 5.62. The molecule has 1 heterocycles. The van der Waals surface area contributed by atoms with E-state index in [4.69, 9.17) is 14.2 Å². The first-order valence-electron chi connectivity index (χ1n) is 5.71. The molecule has 6 nitrogen and oxygen atoms in total. The number of nitrogens with zero attached hydrogens (tertiary/aromatic N) is 1. The molecule has 0 N–H and O–H groups in total. The number of methoxy groups -OCH3 is 1. The maximum Gasteiger partial charge on any atom is 0.367 e. The summed E-state index contributed by atoms with van der Waals surface area (Å²) in [7, 11) is 1.56. The third kappa shape index (κ3) is 3.09. The fourth-order valence-electron chi connectivity index (χ4n) is 1.59. The minimum absolute atomic E-state index is 0.370. The van der Waals surface area contributed by atoms with Crippen molar-refractivity contribution in [3.8, 4) is 5.75 Å². The van der Waals surface area contributed by atoms with E-state index in [1.807, 2.05) is 0 Å². The Kier molecular flexibility index (Phi) is 3.98. The molecular formula is C13H12INO5. The summed E-state index contributed by atoms with van der Waals surface area (Å²) < 4.78 is 15.9. The van der Waals surface area contributed by atoms with Crippen LogP contribution >= 0.6 is 22.6 Å². The van der Waals surface area contributed by atoms with Crippen molar-refractivity contribution in [2.75, 3.05) is 7.11 Å². The Bertz CT molecular complexity index is 587. The topological polar surface area (TPSA) is 74.2 Å². The summed E-state index contributed by atoms with van der Waals surface area (Å²) in [6.45, 7) is 2.96. The number of ether oxygens (including phenoxy) is 3. The van der Waals surface area contributed by atoms with E-state index in [0.717, 1.165) is 3.57 Å². The van der Waals surface area contributed by atoms with Gasteiger partial charge in [-0.05, 0) is 40.8 Å². The van der Waals surface area contributed by atoms with Crippen LogP contribution in [0, 0.1) is 3.57 Å². The number of halogens is 1. The standard InChI is InChI=1S/C13H12INO5/c1-13(2)19-11(16)10(12(17)20-13)15-7-4-5-9(18-3)8(14)6-7/h4-6H,1-3H3. The first-order valence-corrected chi connectivity index (χ1v) is 6.79.